The number of amides is 1. The maximum absolute atomic E-state index is 11.5. The third kappa shape index (κ3) is 3.49. The maximum Gasteiger partial charge on any atom is 0.239 e. The van der Waals surface area contributed by atoms with Gasteiger partial charge in [-0.3, -0.25) is 4.79 Å². The second-order valence-corrected chi connectivity index (χ2v) is 4.23. The molecule has 0 fully saturated rings. The molecule has 1 rings (SSSR count). The molecule has 4 heteroatoms. The van der Waals surface area contributed by atoms with Crippen LogP contribution in [0.3, 0.4) is 0 Å². The molecule has 0 saturated carbocycles. The highest BCUT2D eigenvalue weighted by Gasteiger charge is 2.13. The summed E-state index contributed by atoms with van der Waals surface area (Å²) >= 11 is 0. The molecule has 0 unspecified atom stereocenters. The number of nitriles is 1. The Balaban J connectivity index is 3.08. The molecule has 0 aliphatic carbocycles. The standard InChI is InChI=1S/C14H19N3O/c1-4-7-17(10-14(18)16-3)13-8-11(2)5-6-12(13)9-15/h5-6,8H,4,7,10H2,1-3H3,(H,16,18). The molecule has 1 amide bonds. The van der Waals surface area contributed by atoms with E-state index in [2.05, 4.69) is 18.3 Å². The van der Waals surface area contributed by atoms with E-state index in [1.165, 1.54) is 0 Å². The van der Waals surface area contributed by atoms with Crippen molar-refractivity contribution in [2.24, 2.45) is 0 Å². The van der Waals surface area contributed by atoms with Crippen LogP contribution in [0.2, 0.25) is 0 Å². The molecule has 1 aromatic carbocycles. The van der Waals surface area contributed by atoms with Crippen LogP contribution in [-0.2, 0) is 4.79 Å². The van der Waals surface area contributed by atoms with E-state index < -0.39 is 0 Å². The lowest BCUT2D eigenvalue weighted by Gasteiger charge is -2.24. The lowest BCUT2D eigenvalue weighted by molar-refractivity contribution is -0.119. The van der Waals surface area contributed by atoms with Crippen LogP contribution in [0.5, 0.6) is 0 Å². The van der Waals surface area contributed by atoms with Crippen LogP contribution in [0.25, 0.3) is 0 Å². The van der Waals surface area contributed by atoms with Crippen molar-refractivity contribution in [3.05, 3.63) is 29.3 Å². The smallest absolute Gasteiger partial charge is 0.239 e. The average molecular weight is 245 g/mol. The Morgan fingerprint density at radius 1 is 1.50 bits per heavy atom. The number of aryl methyl sites for hydroxylation is 1. The molecule has 0 radical (unpaired) electrons. The lowest BCUT2D eigenvalue weighted by atomic mass is 10.1. The molecular formula is C14H19N3O. The Bertz CT molecular complexity index is 463. The normalized spacial score (nSPS) is 9.67. The molecule has 0 aliphatic heterocycles. The van der Waals surface area contributed by atoms with Gasteiger partial charge in [-0.2, -0.15) is 5.26 Å². The van der Waals surface area contributed by atoms with Crippen molar-refractivity contribution in [3.63, 3.8) is 0 Å². The lowest BCUT2D eigenvalue weighted by Crippen LogP contribution is -2.36. The van der Waals surface area contributed by atoms with Crippen LogP contribution >= 0.6 is 0 Å². The van der Waals surface area contributed by atoms with Gasteiger partial charge in [-0.15, -0.1) is 0 Å². The SMILES string of the molecule is CCCN(CC(=O)NC)c1cc(C)ccc1C#N. The zero-order valence-electron chi connectivity index (χ0n) is 11.2. The molecule has 0 atom stereocenters. The summed E-state index contributed by atoms with van der Waals surface area (Å²) in [7, 11) is 1.62. The van der Waals surface area contributed by atoms with Crippen LogP contribution in [0.4, 0.5) is 5.69 Å². The third-order valence-electron chi connectivity index (χ3n) is 2.72. The first-order valence-electron chi connectivity index (χ1n) is 6.08. The first-order chi connectivity index (χ1) is 8.62. The molecular weight excluding hydrogens is 226 g/mol. The number of nitrogens with one attached hydrogen (secondary N) is 1. The molecule has 0 bridgehead atoms. The van der Waals surface area contributed by atoms with E-state index >= 15 is 0 Å². The fraction of sp³-hybridized carbons (Fsp3) is 0.429. The van der Waals surface area contributed by atoms with Gasteiger partial charge in [-0.1, -0.05) is 13.0 Å². The van der Waals surface area contributed by atoms with Gasteiger partial charge in [-0.05, 0) is 31.0 Å². The fourth-order valence-electron chi connectivity index (χ4n) is 1.80. The van der Waals surface area contributed by atoms with E-state index in [1.54, 1.807) is 13.1 Å². The number of nitrogens with zero attached hydrogens (tertiary/aromatic N) is 2. The van der Waals surface area contributed by atoms with E-state index in [0.29, 0.717) is 5.56 Å². The van der Waals surface area contributed by atoms with Crippen molar-refractivity contribution in [1.82, 2.24) is 5.32 Å². The molecule has 18 heavy (non-hydrogen) atoms. The van der Waals surface area contributed by atoms with Crippen LogP contribution in [0.15, 0.2) is 18.2 Å². The third-order valence-corrected chi connectivity index (χ3v) is 2.72. The fourth-order valence-corrected chi connectivity index (χ4v) is 1.80. The van der Waals surface area contributed by atoms with Crippen molar-refractivity contribution in [2.75, 3.05) is 25.0 Å². The highest BCUT2D eigenvalue weighted by atomic mass is 16.1. The highest BCUT2D eigenvalue weighted by molar-refractivity contribution is 5.81. The number of carbonyl (C=O) groups is 1. The summed E-state index contributed by atoms with van der Waals surface area (Å²) in [6.45, 7) is 5.07. The number of benzene rings is 1. The molecule has 96 valence electrons. The average Bonchev–Trinajstić information content (AvgIpc) is 2.38. The van der Waals surface area contributed by atoms with Crippen molar-refractivity contribution in [2.45, 2.75) is 20.3 Å². The van der Waals surface area contributed by atoms with Crippen molar-refractivity contribution in [3.8, 4) is 6.07 Å². The number of anilines is 1. The minimum atomic E-state index is -0.0474. The highest BCUT2D eigenvalue weighted by Crippen LogP contribution is 2.21. The van der Waals surface area contributed by atoms with Gasteiger partial charge < -0.3 is 10.2 Å². The number of carbonyl (C=O) groups excluding carboxylic acids is 1. The summed E-state index contributed by atoms with van der Waals surface area (Å²) in [6, 6.07) is 7.85. The second-order valence-electron chi connectivity index (χ2n) is 4.23. The van der Waals surface area contributed by atoms with Crippen molar-refractivity contribution in [1.29, 1.82) is 5.26 Å². The second kappa shape index (κ2) is 6.65. The van der Waals surface area contributed by atoms with Gasteiger partial charge in [0.2, 0.25) is 5.91 Å². The minimum absolute atomic E-state index is 0.0474. The van der Waals surface area contributed by atoms with Gasteiger partial charge in [0, 0.05) is 13.6 Å². The molecule has 0 aromatic heterocycles. The molecule has 0 aliphatic rings. The first-order valence-corrected chi connectivity index (χ1v) is 6.08. The topological polar surface area (TPSA) is 56.1 Å². The zero-order valence-corrected chi connectivity index (χ0v) is 11.2. The predicted octanol–water partition coefficient (Wildman–Crippen LogP) is 1.83. The van der Waals surface area contributed by atoms with Gasteiger partial charge in [0.15, 0.2) is 0 Å². The van der Waals surface area contributed by atoms with E-state index in [-0.39, 0.29) is 12.5 Å². The summed E-state index contributed by atoms with van der Waals surface area (Å²) in [5, 5.41) is 11.8. The summed E-state index contributed by atoms with van der Waals surface area (Å²) in [6.07, 6.45) is 0.926. The van der Waals surface area contributed by atoms with E-state index in [0.717, 1.165) is 24.2 Å². The van der Waals surface area contributed by atoms with E-state index in [9.17, 15) is 4.79 Å². The number of hydrogen-bond donors (Lipinski definition) is 1. The number of rotatable bonds is 5. The van der Waals surface area contributed by atoms with Gasteiger partial charge in [0.1, 0.15) is 6.07 Å². The zero-order chi connectivity index (χ0) is 13.5. The Labute approximate surface area is 108 Å². The molecule has 0 heterocycles. The maximum atomic E-state index is 11.5. The van der Waals surface area contributed by atoms with Gasteiger partial charge in [0.25, 0.3) is 0 Å². The Morgan fingerprint density at radius 2 is 2.22 bits per heavy atom. The summed E-state index contributed by atoms with van der Waals surface area (Å²) in [5.41, 5.74) is 2.53. The van der Waals surface area contributed by atoms with Gasteiger partial charge in [-0.25, -0.2) is 0 Å². The van der Waals surface area contributed by atoms with Gasteiger partial charge >= 0.3 is 0 Å². The monoisotopic (exact) mass is 245 g/mol. The van der Waals surface area contributed by atoms with Crippen LogP contribution < -0.4 is 10.2 Å². The van der Waals surface area contributed by atoms with E-state index in [1.807, 2.05) is 24.0 Å². The van der Waals surface area contributed by atoms with Crippen LogP contribution in [-0.4, -0.2) is 26.0 Å². The van der Waals surface area contributed by atoms with Gasteiger partial charge in [0.05, 0.1) is 17.8 Å². The Kier molecular flexibility index (Phi) is 5.19. The minimum Gasteiger partial charge on any atom is -0.361 e. The van der Waals surface area contributed by atoms with Crippen LogP contribution in [0.1, 0.15) is 24.5 Å². The summed E-state index contributed by atoms with van der Waals surface area (Å²) in [4.78, 5) is 13.5. The molecule has 1 N–H and O–H groups in total. The van der Waals surface area contributed by atoms with Crippen LogP contribution in [0, 0.1) is 18.3 Å². The van der Waals surface area contributed by atoms with E-state index in [4.69, 9.17) is 5.26 Å². The Hall–Kier alpha value is -2.02. The largest absolute Gasteiger partial charge is 0.361 e. The molecule has 4 nitrogen and oxygen atoms in total. The molecule has 1 aromatic rings. The quantitative estimate of drug-likeness (QED) is 0.861. The first kappa shape index (κ1) is 14.0. The number of hydrogen-bond acceptors (Lipinski definition) is 3. The molecule has 0 saturated heterocycles. The Morgan fingerprint density at radius 3 is 2.78 bits per heavy atom. The summed E-state index contributed by atoms with van der Waals surface area (Å²) in [5.74, 6) is -0.0474. The molecule has 0 spiro atoms. The predicted molar refractivity (Wildman–Crippen MR) is 72.5 cm³/mol. The van der Waals surface area contributed by atoms with Crippen molar-refractivity contribution >= 4 is 11.6 Å². The van der Waals surface area contributed by atoms with Crippen molar-refractivity contribution < 1.29 is 4.79 Å². The summed E-state index contributed by atoms with van der Waals surface area (Å²) < 4.78 is 0. The number of likely N-dealkylation sites (N-methyl/N-ethyl adjacent to an activating group) is 1.